The summed E-state index contributed by atoms with van der Waals surface area (Å²) in [5, 5.41) is 9.08. The van der Waals surface area contributed by atoms with Crippen molar-refractivity contribution in [2.45, 2.75) is 38.6 Å². The van der Waals surface area contributed by atoms with Crippen LogP contribution in [0.4, 0.5) is 5.82 Å². The molecule has 0 saturated heterocycles. The number of hydrogen-bond donors (Lipinski definition) is 2. The lowest BCUT2D eigenvalue weighted by molar-refractivity contribution is 0.0707. The summed E-state index contributed by atoms with van der Waals surface area (Å²) in [7, 11) is 0. The Kier molecular flexibility index (Phi) is 4.04. The van der Waals surface area contributed by atoms with Gasteiger partial charge in [0.1, 0.15) is 5.82 Å². The number of nitrogen functional groups attached to an aromatic ring is 1. The Bertz CT molecular complexity index is 470. The summed E-state index contributed by atoms with van der Waals surface area (Å²) in [6, 6.07) is 3.69. The molecule has 1 aliphatic rings. The first-order chi connectivity index (χ1) is 9.02. The van der Waals surface area contributed by atoms with E-state index in [9.17, 15) is 4.79 Å². The van der Waals surface area contributed by atoms with Crippen LogP contribution in [0.1, 0.15) is 48.7 Å². The highest BCUT2D eigenvalue weighted by Gasteiger charge is 2.32. The number of carbonyl (C=O) groups is 1. The van der Waals surface area contributed by atoms with Crippen LogP contribution >= 0.6 is 0 Å². The van der Waals surface area contributed by atoms with Gasteiger partial charge in [-0.25, -0.2) is 4.98 Å². The van der Waals surface area contributed by atoms with Crippen molar-refractivity contribution in [3.63, 3.8) is 0 Å². The van der Waals surface area contributed by atoms with E-state index >= 15 is 0 Å². The molecule has 104 valence electrons. The smallest absolute Gasteiger partial charge is 0.254 e. The van der Waals surface area contributed by atoms with E-state index < -0.39 is 0 Å². The number of nitrogens with two attached hydrogens (primary N) is 1. The Hall–Kier alpha value is -1.62. The zero-order valence-corrected chi connectivity index (χ0v) is 11.5. The average molecular weight is 263 g/mol. The average Bonchev–Trinajstić information content (AvgIpc) is 3.18. The molecule has 1 fully saturated rings. The lowest BCUT2D eigenvalue weighted by Gasteiger charge is -2.22. The standard InChI is InChI=1S/C14H21N3O2/c1-9(2)12-7-10(8-13(15)16-12)14(19)17(5-6-18)11-3-4-11/h7-9,11,18H,3-6H2,1-2H3,(H2,15,16). The Morgan fingerprint density at radius 1 is 1.53 bits per heavy atom. The van der Waals surface area contributed by atoms with Crippen molar-refractivity contribution in [2.75, 3.05) is 18.9 Å². The highest BCUT2D eigenvalue weighted by molar-refractivity contribution is 5.95. The molecule has 1 amide bonds. The van der Waals surface area contributed by atoms with Gasteiger partial charge in [-0.05, 0) is 30.9 Å². The molecule has 1 aromatic heterocycles. The fraction of sp³-hybridized carbons (Fsp3) is 0.571. The van der Waals surface area contributed by atoms with Crippen molar-refractivity contribution in [3.05, 3.63) is 23.4 Å². The van der Waals surface area contributed by atoms with Gasteiger partial charge in [-0.1, -0.05) is 13.8 Å². The predicted molar refractivity (Wildman–Crippen MR) is 73.9 cm³/mol. The molecule has 1 aromatic rings. The van der Waals surface area contributed by atoms with Crippen LogP contribution in [0, 0.1) is 0 Å². The maximum absolute atomic E-state index is 12.5. The maximum atomic E-state index is 12.5. The number of pyridine rings is 1. The number of aromatic nitrogens is 1. The van der Waals surface area contributed by atoms with Crippen LogP contribution in [-0.4, -0.2) is 40.1 Å². The molecule has 0 aromatic carbocycles. The molecule has 19 heavy (non-hydrogen) atoms. The second-order valence-electron chi connectivity index (χ2n) is 5.31. The number of anilines is 1. The Balaban J connectivity index is 2.26. The predicted octanol–water partition coefficient (Wildman–Crippen LogP) is 1.38. The monoisotopic (exact) mass is 263 g/mol. The molecule has 3 N–H and O–H groups in total. The highest BCUT2D eigenvalue weighted by Crippen LogP contribution is 2.28. The van der Waals surface area contributed by atoms with Crippen molar-refractivity contribution < 1.29 is 9.90 Å². The van der Waals surface area contributed by atoms with Gasteiger partial charge in [-0.2, -0.15) is 0 Å². The van der Waals surface area contributed by atoms with E-state index in [2.05, 4.69) is 4.98 Å². The number of hydrogen-bond acceptors (Lipinski definition) is 4. The molecule has 0 spiro atoms. The van der Waals surface area contributed by atoms with Crippen LogP contribution in [0.3, 0.4) is 0 Å². The van der Waals surface area contributed by atoms with Crippen molar-refractivity contribution in [1.29, 1.82) is 0 Å². The zero-order chi connectivity index (χ0) is 14.0. The molecule has 0 unspecified atom stereocenters. The van der Waals surface area contributed by atoms with E-state index in [0.29, 0.717) is 17.9 Å². The van der Waals surface area contributed by atoms with E-state index in [1.165, 1.54) is 0 Å². The largest absolute Gasteiger partial charge is 0.395 e. The first-order valence-electron chi connectivity index (χ1n) is 6.72. The lowest BCUT2D eigenvalue weighted by atomic mass is 10.1. The summed E-state index contributed by atoms with van der Waals surface area (Å²) in [5.41, 5.74) is 7.16. The van der Waals surface area contributed by atoms with Crippen LogP contribution in [0.5, 0.6) is 0 Å². The third-order valence-electron chi connectivity index (χ3n) is 3.29. The topological polar surface area (TPSA) is 79.5 Å². The first kappa shape index (κ1) is 13.8. The molecule has 5 heteroatoms. The minimum atomic E-state index is -0.0625. The van der Waals surface area contributed by atoms with Gasteiger partial charge in [0.05, 0.1) is 6.61 Å². The third kappa shape index (κ3) is 3.23. The van der Waals surface area contributed by atoms with Gasteiger partial charge in [0, 0.05) is 23.8 Å². The van der Waals surface area contributed by atoms with Crippen LogP contribution in [-0.2, 0) is 0 Å². The molecule has 0 atom stereocenters. The minimum absolute atomic E-state index is 0.0140. The molecule has 1 aliphatic carbocycles. The normalized spacial score (nSPS) is 14.7. The second kappa shape index (κ2) is 5.57. The summed E-state index contributed by atoms with van der Waals surface area (Å²) < 4.78 is 0. The van der Waals surface area contributed by atoms with Gasteiger partial charge in [0.25, 0.3) is 5.91 Å². The minimum Gasteiger partial charge on any atom is -0.395 e. The van der Waals surface area contributed by atoms with Crippen LogP contribution < -0.4 is 5.73 Å². The van der Waals surface area contributed by atoms with E-state index in [0.717, 1.165) is 18.5 Å². The number of nitrogens with zero attached hydrogens (tertiary/aromatic N) is 2. The molecule has 0 bridgehead atoms. The molecule has 1 saturated carbocycles. The van der Waals surface area contributed by atoms with Gasteiger partial charge in [-0.15, -0.1) is 0 Å². The van der Waals surface area contributed by atoms with E-state index in [1.807, 2.05) is 13.8 Å². The SMILES string of the molecule is CC(C)c1cc(C(=O)N(CCO)C2CC2)cc(N)n1. The summed E-state index contributed by atoms with van der Waals surface area (Å²) in [4.78, 5) is 18.4. The number of aliphatic hydroxyl groups is 1. The number of amides is 1. The Morgan fingerprint density at radius 2 is 2.21 bits per heavy atom. The lowest BCUT2D eigenvalue weighted by Crippen LogP contribution is -2.35. The number of carbonyl (C=O) groups excluding carboxylic acids is 1. The molecular weight excluding hydrogens is 242 g/mol. The fourth-order valence-corrected chi connectivity index (χ4v) is 2.10. The van der Waals surface area contributed by atoms with Crippen molar-refractivity contribution in [3.8, 4) is 0 Å². The fourth-order valence-electron chi connectivity index (χ4n) is 2.10. The van der Waals surface area contributed by atoms with Crippen molar-refractivity contribution in [1.82, 2.24) is 9.88 Å². The van der Waals surface area contributed by atoms with E-state index in [-0.39, 0.29) is 24.5 Å². The van der Waals surface area contributed by atoms with Gasteiger partial charge in [0.15, 0.2) is 0 Å². The molecule has 0 radical (unpaired) electrons. The maximum Gasteiger partial charge on any atom is 0.254 e. The quantitative estimate of drug-likeness (QED) is 0.841. The molecule has 2 rings (SSSR count). The van der Waals surface area contributed by atoms with Crippen LogP contribution in [0.25, 0.3) is 0 Å². The summed E-state index contributed by atoms with van der Waals surface area (Å²) in [5.74, 6) is 0.532. The highest BCUT2D eigenvalue weighted by atomic mass is 16.3. The summed E-state index contributed by atoms with van der Waals surface area (Å²) in [6.45, 7) is 4.40. The molecule has 0 aliphatic heterocycles. The number of rotatable bonds is 5. The van der Waals surface area contributed by atoms with Crippen LogP contribution in [0.2, 0.25) is 0 Å². The van der Waals surface area contributed by atoms with E-state index in [4.69, 9.17) is 10.8 Å². The van der Waals surface area contributed by atoms with Gasteiger partial charge < -0.3 is 15.7 Å². The second-order valence-corrected chi connectivity index (χ2v) is 5.31. The molecule has 5 nitrogen and oxygen atoms in total. The summed E-state index contributed by atoms with van der Waals surface area (Å²) >= 11 is 0. The zero-order valence-electron chi connectivity index (χ0n) is 11.5. The Morgan fingerprint density at radius 3 is 2.74 bits per heavy atom. The third-order valence-corrected chi connectivity index (χ3v) is 3.29. The van der Waals surface area contributed by atoms with Crippen molar-refractivity contribution in [2.24, 2.45) is 0 Å². The van der Waals surface area contributed by atoms with Gasteiger partial charge in [-0.3, -0.25) is 4.79 Å². The first-order valence-corrected chi connectivity index (χ1v) is 6.72. The van der Waals surface area contributed by atoms with Crippen LogP contribution in [0.15, 0.2) is 12.1 Å². The summed E-state index contributed by atoms with van der Waals surface area (Å²) in [6.07, 6.45) is 2.03. The van der Waals surface area contributed by atoms with Gasteiger partial charge >= 0.3 is 0 Å². The Labute approximate surface area is 113 Å². The van der Waals surface area contributed by atoms with Gasteiger partial charge in [0.2, 0.25) is 0 Å². The molecule has 1 heterocycles. The molecular formula is C14H21N3O2. The number of aliphatic hydroxyl groups excluding tert-OH is 1. The van der Waals surface area contributed by atoms with Crippen molar-refractivity contribution >= 4 is 11.7 Å². The van der Waals surface area contributed by atoms with E-state index in [1.54, 1.807) is 17.0 Å².